The van der Waals surface area contributed by atoms with Crippen LogP contribution in [0, 0.1) is 0 Å². The number of hydrogen-bond donors (Lipinski definition) is 1. The van der Waals surface area contributed by atoms with Crippen LogP contribution in [0.4, 0.5) is 5.69 Å². The lowest BCUT2D eigenvalue weighted by atomic mass is 10.1. The number of ether oxygens (including phenoxy) is 1. The fourth-order valence-electron chi connectivity index (χ4n) is 3.93. The van der Waals surface area contributed by atoms with Crippen LogP contribution in [-0.2, 0) is 29.0 Å². The molecule has 2 aromatic heterocycles. The number of nitrogens with one attached hydrogen (secondary N) is 1. The topological polar surface area (TPSA) is 78.2 Å². The highest BCUT2D eigenvalue weighted by Gasteiger charge is 2.18. The molecular weight excluding hydrogens is 416 g/mol. The molecular formula is C26H28N4O3. The smallest absolute Gasteiger partial charge is 0.277 e. The molecule has 0 fully saturated rings. The fraction of sp³-hybridized carbons (Fsp3) is 0.269. The number of nitrogens with zero attached hydrogens (tertiary/aromatic N) is 3. The summed E-state index contributed by atoms with van der Waals surface area (Å²) in [6.45, 7) is 3.14. The normalized spacial score (nSPS) is 11.1. The second-order valence-electron chi connectivity index (χ2n) is 7.93. The minimum atomic E-state index is -0.200. The second-order valence-corrected chi connectivity index (χ2v) is 7.93. The van der Waals surface area contributed by atoms with Crippen LogP contribution >= 0.6 is 0 Å². The summed E-state index contributed by atoms with van der Waals surface area (Å²) in [4.78, 5) is 30.8. The molecule has 0 atom stereocenters. The Hall–Kier alpha value is -3.71. The summed E-state index contributed by atoms with van der Waals surface area (Å²) in [5.74, 6) is -0.200. The number of aryl methyl sites for hydroxylation is 2. The predicted octanol–water partition coefficient (Wildman–Crippen LogP) is 4.10. The van der Waals surface area contributed by atoms with Crippen LogP contribution in [0.3, 0.4) is 0 Å². The van der Waals surface area contributed by atoms with E-state index in [-0.39, 0.29) is 18.0 Å². The van der Waals surface area contributed by atoms with Crippen LogP contribution in [0.5, 0.6) is 0 Å². The quantitative estimate of drug-likeness (QED) is 0.394. The minimum Gasteiger partial charge on any atom is -0.385 e. The summed E-state index contributed by atoms with van der Waals surface area (Å²) in [6, 6.07) is 17.6. The van der Waals surface area contributed by atoms with Crippen molar-refractivity contribution >= 4 is 22.6 Å². The van der Waals surface area contributed by atoms with E-state index in [0.717, 1.165) is 28.8 Å². The maximum absolute atomic E-state index is 13.3. The summed E-state index contributed by atoms with van der Waals surface area (Å²) in [6.07, 6.45) is 5.01. The van der Waals surface area contributed by atoms with Gasteiger partial charge >= 0.3 is 0 Å². The van der Waals surface area contributed by atoms with E-state index in [1.165, 1.54) is 0 Å². The van der Waals surface area contributed by atoms with Crippen LogP contribution in [0.2, 0.25) is 0 Å². The summed E-state index contributed by atoms with van der Waals surface area (Å²) < 4.78 is 8.39. The maximum atomic E-state index is 13.3. The molecule has 0 unspecified atom stereocenters. The van der Waals surface area contributed by atoms with E-state index in [1.807, 2.05) is 60.8 Å². The van der Waals surface area contributed by atoms with Gasteiger partial charge in [-0.25, -0.2) is 4.98 Å². The van der Waals surface area contributed by atoms with Crippen LogP contribution in [0.15, 0.2) is 71.9 Å². The first kappa shape index (κ1) is 22.5. The van der Waals surface area contributed by atoms with Crippen LogP contribution in [0.1, 0.15) is 18.9 Å². The summed E-state index contributed by atoms with van der Waals surface area (Å²) in [5.41, 5.74) is 4.51. The number of amides is 1. The molecule has 7 nitrogen and oxygen atoms in total. The molecule has 170 valence electrons. The Morgan fingerprint density at radius 2 is 1.91 bits per heavy atom. The Morgan fingerprint density at radius 1 is 1.09 bits per heavy atom. The molecule has 2 heterocycles. The van der Waals surface area contributed by atoms with Gasteiger partial charge in [-0.15, -0.1) is 0 Å². The molecule has 0 aliphatic rings. The number of rotatable bonds is 9. The van der Waals surface area contributed by atoms with Crippen molar-refractivity contribution in [2.45, 2.75) is 32.9 Å². The lowest BCUT2D eigenvalue weighted by Crippen LogP contribution is -2.25. The molecule has 4 aromatic rings. The number of anilines is 1. The zero-order valence-electron chi connectivity index (χ0n) is 19.0. The molecule has 7 heteroatoms. The largest absolute Gasteiger partial charge is 0.385 e. The molecule has 1 amide bonds. The van der Waals surface area contributed by atoms with Crippen molar-refractivity contribution in [3.05, 3.63) is 83.0 Å². The highest BCUT2D eigenvalue weighted by Crippen LogP contribution is 2.27. The van der Waals surface area contributed by atoms with E-state index in [4.69, 9.17) is 4.74 Å². The molecule has 2 aromatic carbocycles. The number of aromatic nitrogens is 3. The van der Waals surface area contributed by atoms with Gasteiger partial charge in [0.1, 0.15) is 17.6 Å². The van der Waals surface area contributed by atoms with Gasteiger partial charge in [-0.05, 0) is 36.1 Å². The third-order valence-electron chi connectivity index (χ3n) is 5.61. The van der Waals surface area contributed by atoms with Crippen LogP contribution in [-0.4, -0.2) is 33.7 Å². The molecule has 0 spiro atoms. The summed E-state index contributed by atoms with van der Waals surface area (Å²) in [5, 5.41) is 2.95. The lowest BCUT2D eigenvalue weighted by Gasteiger charge is -2.09. The average Bonchev–Trinajstić information content (AvgIpc) is 3.20. The number of fused-ring (bicyclic) bond motifs is 1. The molecule has 1 N–H and O–H groups in total. The van der Waals surface area contributed by atoms with E-state index >= 15 is 0 Å². The first-order chi connectivity index (χ1) is 16.1. The van der Waals surface area contributed by atoms with E-state index in [2.05, 4.69) is 17.2 Å². The Bertz CT molecular complexity index is 1310. The van der Waals surface area contributed by atoms with Gasteiger partial charge < -0.3 is 14.6 Å². The van der Waals surface area contributed by atoms with Gasteiger partial charge in [0.2, 0.25) is 5.91 Å². The average molecular weight is 445 g/mol. The second kappa shape index (κ2) is 10.3. The zero-order valence-corrected chi connectivity index (χ0v) is 19.0. The van der Waals surface area contributed by atoms with E-state index in [0.29, 0.717) is 30.6 Å². The number of hydrogen-bond acceptors (Lipinski definition) is 4. The monoisotopic (exact) mass is 444 g/mol. The van der Waals surface area contributed by atoms with Gasteiger partial charge in [0.15, 0.2) is 0 Å². The van der Waals surface area contributed by atoms with Gasteiger partial charge in [0.05, 0.1) is 6.33 Å². The number of benzene rings is 2. The lowest BCUT2D eigenvalue weighted by molar-refractivity contribution is -0.116. The number of methoxy groups -OCH3 is 1. The van der Waals surface area contributed by atoms with Crippen molar-refractivity contribution in [2.75, 3.05) is 19.0 Å². The first-order valence-electron chi connectivity index (χ1n) is 11.1. The summed E-state index contributed by atoms with van der Waals surface area (Å²) in [7, 11) is 1.64. The molecule has 0 aliphatic heterocycles. The highest BCUT2D eigenvalue weighted by atomic mass is 16.5. The Kier molecular flexibility index (Phi) is 7.00. The molecule has 0 aliphatic carbocycles. The van der Waals surface area contributed by atoms with Crippen LogP contribution < -0.4 is 10.9 Å². The van der Waals surface area contributed by atoms with Crippen molar-refractivity contribution < 1.29 is 9.53 Å². The molecule has 0 saturated carbocycles. The van der Waals surface area contributed by atoms with Crippen molar-refractivity contribution in [1.29, 1.82) is 0 Å². The molecule has 0 saturated heterocycles. The standard InChI is InChI=1S/C26H28N4O3/c1-3-19-9-7-12-21(15-19)28-23(31)17-30-16-22(20-10-5-4-6-11-20)24-25(30)26(32)29(18-27-24)13-8-14-33-2/h4-7,9-12,15-16,18H,3,8,13-14,17H2,1-2H3,(H,28,31). The van der Waals surface area contributed by atoms with Gasteiger partial charge in [0.25, 0.3) is 5.56 Å². The zero-order chi connectivity index (χ0) is 23.2. The van der Waals surface area contributed by atoms with E-state index in [1.54, 1.807) is 22.6 Å². The highest BCUT2D eigenvalue weighted by molar-refractivity contribution is 5.95. The Labute approximate surface area is 192 Å². The van der Waals surface area contributed by atoms with Crippen molar-refractivity contribution in [1.82, 2.24) is 14.1 Å². The van der Waals surface area contributed by atoms with Gasteiger partial charge in [-0.2, -0.15) is 0 Å². The Morgan fingerprint density at radius 3 is 2.67 bits per heavy atom. The van der Waals surface area contributed by atoms with Crippen molar-refractivity contribution in [3.63, 3.8) is 0 Å². The first-order valence-corrected chi connectivity index (χ1v) is 11.1. The van der Waals surface area contributed by atoms with Crippen molar-refractivity contribution in [3.8, 4) is 11.1 Å². The number of carbonyl (C=O) groups is 1. The van der Waals surface area contributed by atoms with Crippen molar-refractivity contribution in [2.24, 2.45) is 0 Å². The summed E-state index contributed by atoms with van der Waals surface area (Å²) >= 11 is 0. The number of carbonyl (C=O) groups excluding carboxylic acids is 1. The maximum Gasteiger partial charge on any atom is 0.277 e. The van der Waals surface area contributed by atoms with Gasteiger partial charge in [-0.3, -0.25) is 14.2 Å². The molecule has 4 rings (SSSR count). The van der Waals surface area contributed by atoms with E-state index < -0.39 is 0 Å². The Balaban J connectivity index is 1.71. The predicted molar refractivity (Wildman–Crippen MR) is 130 cm³/mol. The van der Waals surface area contributed by atoms with E-state index in [9.17, 15) is 9.59 Å². The molecule has 0 radical (unpaired) electrons. The van der Waals surface area contributed by atoms with Crippen LogP contribution in [0.25, 0.3) is 22.2 Å². The third kappa shape index (κ3) is 5.04. The third-order valence-corrected chi connectivity index (χ3v) is 5.61. The minimum absolute atomic E-state index is 0.0126. The SMILES string of the molecule is CCc1cccc(NC(=O)Cn2cc(-c3ccccc3)c3ncn(CCCOC)c(=O)c32)c1. The molecule has 33 heavy (non-hydrogen) atoms. The fourth-order valence-corrected chi connectivity index (χ4v) is 3.93. The molecule has 0 bridgehead atoms. The van der Waals surface area contributed by atoms with Gasteiger partial charge in [0, 0.05) is 37.7 Å². The van der Waals surface area contributed by atoms with Gasteiger partial charge in [-0.1, -0.05) is 49.4 Å².